The molecule has 1 saturated heterocycles. The largest absolute Gasteiger partial charge is 0.382 e. The quantitative estimate of drug-likeness (QED) is 0.257. The lowest BCUT2D eigenvalue weighted by Crippen LogP contribution is -2.43. The minimum atomic E-state index is 0. The summed E-state index contributed by atoms with van der Waals surface area (Å²) in [5, 5.41) is 6.73. The molecule has 0 spiro atoms. The number of hydrogen-bond acceptors (Lipinski definition) is 3. The van der Waals surface area contributed by atoms with Gasteiger partial charge in [0.15, 0.2) is 5.96 Å². The van der Waals surface area contributed by atoms with Crippen LogP contribution in [0, 0.1) is 5.92 Å². The van der Waals surface area contributed by atoms with Gasteiger partial charge in [-0.25, -0.2) is 0 Å². The van der Waals surface area contributed by atoms with Gasteiger partial charge in [-0.05, 0) is 45.6 Å². The minimum absolute atomic E-state index is 0. The molecule has 0 aromatic carbocycles. The minimum Gasteiger partial charge on any atom is -0.382 e. The summed E-state index contributed by atoms with van der Waals surface area (Å²) in [4.78, 5) is 7.13. The average Bonchev–Trinajstić information content (AvgIpc) is 2.47. The van der Waals surface area contributed by atoms with Crippen LogP contribution in [0.3, 0.4) is 0 Å². The maximum absolute atomic E-state index is 5.33. The highest BCUT2D eigenvalue weighted by atomic mass is 127. The molecule has 1 fully saturated rings. The van der Waals surface area contributed by atoms with Crippen molar-refractivity contribution in [2.45, 2.75) is 40.0 Å². The van der Waals surface area contributed by atoms with Gasteiger partial charge < -0.3 is 20.3 Å². The zero-order valence-corrected chi connectivity index (χ0v) is 16.9. The van der Waals surface area contributed by atoms with Gasteiger partial charge in [-0.3, -0.25) is 4.99 Å². The van der Waals surface area contributed by atoms with Crippen molar-refractivity contribution in [1.29, 1.82) is 0 Å². The van der Waals surface area contributed by atoms with Crippen LogP contribution in [0.4, 0.5) is 0 Å². The lowest BCUT2D eigenvalue weighted by atomic mass is 10.0. The molecule has 1 aliphatic rings. The van der Waals surface area contributed by atoms with E-state index in [-0.39, 0.29) is 24.0 Å². The molecule has 0 amide bonds. The molecule has 2 N–H and O–H groups in total. The molecule has 1 rings (SSSR count). The fraction of sp³-hybridized carbons (Fsp3) is 0.938. The van der Waals surface area contributed by atoms with Crippen LogP contribution in [0.25, 0.3) is 0 Å². The number of hydrogen-bond donors (Lipinski definition) is 2. The van der Waals surface area contributed by atoms with Gasteiger partial charge in [-0.2, -0.15) is 0 Å². The van der Waals surface area contributed by atoms with Crippen molar-refractivity contribution < 1.29 is 4.74 Å². The fourth-order valence-corrected chi connectivity index (χ4v) is 2.67. The Hall–Kier alpha value is -0.0800. The first-order valence-electron chi connectivity index (χ1n) is 8.58. The molecule has 0 radical (unpaired) electrons. The molecule has 0 aromatic rings. The smallest absolute Gasteiger partial charge is 0.191 e. The van der Waals surface area contributed by atoms with E-state index >= 15 is 0 Å². The predicted molar refractivity (Wildman–Crippen MR) is 105 cm³/mol. The Balaban J connectivity index is 0.00000441. The number of nitrogens with one attached hydrogen (secondary N) is 2. The standard InChI is InChI=1S/C16H34N4O.HI/c1-4-17-16(18-9-7-13-21-5-2)19-10-12-20-11-6-8-15(3)14-20;/h15H,4-14H2,1-3H3,(H2,17,18,19);1H. The Morgan fingerprint density at radius 3 is 2.82 bits per heavy atom. The third-order valence-electron chi connectivity index (χ3n) is 3.73. The van der Waals surface area contributed by atoms with Crippen molar-refractivity contribution >= 4 is 29.9 Å². The first-order chi connectivity index (χ1) is 10.3. The van der Waals surface area contributed by atoms with E-state index in [4.69, 9.17) is 4.74 Å². The zero-order chi connectivity index (χ0) is 15.3. The highest BCUT2D eigenvalue weighted by molar-refractivity contribution is 14.0. The van der Waals surface area contributed by atoms with Crippen molar-refractivity contribution in [3.63, 3.8) is 0 Å². The lowest BCUT2D eigenvalue weighted by Gasteiger charge is -2.30. The van der Waals surface area contributed by atoms with Crippen molar-refractivity contribution in [2.75, 3.05) is 52.5 Å². The summed E-state index contributed by atoms with van der Waals surface area (Å²) in [6.45, 7) is 14.3. The summed E-state index contributed by atoms with van der Waals surface area (Å²) in [6.07, 6.45) is 3.70. The lowest BCUT2D eigenvalue weighted by molar-refractivity contribution is 0.146. The second-order valence-electron chi connectivity index (χ2n) is 5.79. The van der Waals surface area contributed by atoms with E-state index in [0.29, 0.717) is 0 Å². The maximum Gasteiger partial charge on any atom is 0.191 e. The molecule has 0 aromatic heterocycles. The zero-order valence-electron chi connectivity index (χ0n) is 14.6. The second kappa shape index (κ2) is 14.5. The first kappa shape index (κ1) is 21.9. The topological polar surface area (TPSA) is 48.9 Å². The van der Waals surface area contributed by atoms with Crippen molar-refractivity contribution in [1.82, 2.24) is 15.5 Å². The van der Waals surface area contributed by atoms with Gasteiger partial charge in [0.25, 0.3) is 0 Å². The van der Waals surface area contributed by atoms with E-state index in [9.17, 15) is 0 Å². The van der Waals surface area contributed by atoms with Crippen LogP contribution in [0.15, 0.2) is 4.99 Å². The van der Waals surface area contributed by atoms with Crippen LogP contribution in [0.1, 0.15) is 40.0 Å². The molecule has 1 heterocycles. The van der Waals surface area contributed by atoms with E-state index in [1.165, 1.54) is 25.9 Å². The number of rotatable bonds is 9. The van der Waals surface area contributed by atoms with E-state index in [1.807, 2.05) is 6.92 Å². The molecule has 5 nitrogen and oxygen atoms in total. The Kier molecular flexibility index (Phi) is 14.5. The Bertz CT molecular complexity index is 289. The van der Waals surface area contributed by atoms with Crippen LogP contribution in [-0.2, 0) is 4.74 Å². The van der Waals surface area contributed by atoms with Crippen molar-refractivity contribution in [2.24, 2.45) is 10.9 Å². The van der Waals surface area contributed by atoms with Gasteiger partial charge in [0.05, 0.1) is 0 Å². The number of guanidine groups is 1. The van der Waals surface area contributed by atoms with Crippen LogP contribution in [0.2, 0.25) is 0 Å². The average molecular weight is 426 g/mol. The SMILES string of the molecule is CCNC(=NCCCOCC)NCCN1CCCC(C)C1.I. The van der Waals surface area contributed by atoms with Gasteiger partial charge in [0, 0.05) is 45.9 Å². The van der Waals surface area contributed by atoms with Crippen molar-refractivity contribution in [3.8, 4) is 0 Å². The van der Waals surface area contributed by atoms with E-state index in [1.54, 1.807) is 0 Å². The molecule has 132 valence electrons. The maximum atomic E-state index is 5.33. The van der Waals surface area contributed by atoms with Crippen molar-refractivity contribution in [3.05, 3.63) is 0 Å². The number of likely N-dealkylation sites (tertiary alicyclic amines) is 1. The fourth-order valence-electron chi connectivity index (χ4n) is 2.67. The van der Waals surface area contributed by atoms with Crippen LogP contribution < -0.4 is 10.6 Å². The molecule has 0 bridgehead atoms. The number of nitrogens with zero attached hydrogens (tertiary/aromatic N) is 2. The summed E-state index contributed by atoms with van der Waals surface area (Å²) in [7, 11) is 0. The highest BCUT2D eigenvalue weighted by Gasteiger charge is 2.15. The number of halogens is 1. The van der Waals surface area contributed by atoms with Gasteiger partial charge in [-0.1, -0.05) is 6.92 Å². The second-order valence-corrected chi connectivity index (χ2v) is 5.79. The third kappa shape index (κ3) is 10.6. The summed E-state index contributed by atoms with van der Waals surface area (Å²) < 4.78 is 5.33. The summed E-state index contributed by atoms with van der Waals surface area (Å²) in [5.74, 6) is 1.78. The van der Waals surface area contributed by atoms with E-state index in [2.05, 4.69) is 34.4 Å². The number of ether oxygens (including phenoxy) is 1. The summed E-state index contributed by atoms with van der Waals surface area (Å²) in [6, 6.07) is 0. The molecule has 1 atom stereocenters. The van der Waals surface area contributed by atoms with E-state index in [0.717, 1.165) is 57.7 Å². The van der Waals surface area contributed by atoms with Crippen LogP contribution in [0.5, 0.6) is 0 Å². The Labute approximate surface area is 153 Å². The molecular formula is C16H35IN4O. The first-order valence-corrected chi connectivity index (χ1v) is 8.58. The molecule has 1 unspecified atom stereocenters. The Morgan fingerprint density at radius 2 is 2.14 bits per heavy atom. The Morgan fingerprint density at radius 1 is 1.32 bits per heavy atom. The summed E-state index contributed by atoms with van der Waals surface area (Å²) in [5.41, 5.74) is 0. The van der Waals surface area contributed by atoms with Gasteiger partial charge >= 0.3 is 0 Å². The molecule has 22 heavy (non-hydrogen) atoms. The molecule has 0 saturated carbocycles. The molecule has 1 aliphatic heterocycles. The molecule has 6 heteroatoms. The molecular weight excluding hydrogens is 391 g/mol. The van der Waals surface area contributed by atoms with Gasteiger partial charge in [-0.15, -0.1) is 24.0 Å². The molecule has 0 aliphatic carbocycles. The summed E-state index contributed by atoms with van der Waals surface area (Å²) >= 11 is 0. The monoisotopic (exact) mass is 426 g/mol. The van der Waals surface area contributed by atoms with Crippen LogP contribution in [-0.4, -0.2) is 63.3 Å². The van der Waals surface area contributed by atoms with Gasteiger partial charge in [0.2, 0.25) is 0 Å². The number of piperidine rings is 1. The number of aliphatic imine (C=N–C) groups is 1. The highest BCUT2D eigenvalue weighted by Crippen LogP contribution is 2.14. The van der Waals surface area contributed by atoms with E-state index < -0.39 is 0 Å². The predicted octanol–water partition coefficient (Wildman–Crippen LogP) is 2.32. The van der Waals surface area contributed by atoms with Crippen LogP contribution >= 0.6 is 24.0 Å². The normalized spacial score (nSPS) is 19.6. The van der Waals surface area contributed by atoms with Gasteiger partial charge in [0.1, 0.15) is 0 Å². The third-order valence-corrected chi connectivity index (χ3v) is 3.73.